The van der Waals surface area contributed by atoms with Gasteiger partial charge in [-0.2, -0.15) is 8.42 Å². The first-order valence-corrected chi connectivity index (χ1v) is 13.7. The molecule has 38 heavy (non-hydrogen) atoms. The average Bonchev–Trinajstić information content (AvgIpc) is 3.17. The summed E-state index contributed by atoms with van der Waals surface area (Å²) < 4.78 is 50.0. The Kier molecular flexibility index (Phi) is 8.44. The lowest BCUT2D eigenvalue weighted by molar-refractivity contribution is -0.119. The standard InChI is InChI=1S/C27H30N2O8S/c1-4-27(35-17-21-13-9-6-10-14-21)22(18-34-16-20-11-7-5-8-12-20)36-25(23(27)37-38(3,32)33)29-15-19(2)24(30)28-26(29)31/h4-15,22-23,25H,1,16-18H2,2-3H3,(H,28,30,31)/t22-,23+,25-,27-/m1/s1. The van der Waals surface area contributed by atoms with E-state index in [0.717, 1.165) is 21.9 Å². The van der Waals surface area contributed by atoms with Crippen LogP contribution in [0.25, 0.3) is 0 Å². The molecule has 0 unspecified atom stereocenters. The maximum absolute atomic E-state index is 12.8. The molecule has 0 spiro atoms. The second-order valence-electron chi connectivity index (χ2n) is 9.05. The first-order valence-electron chi connectivity index (χ1n) is 11.9. The van der Waals surface area contributed by atoms with Crippen LogP contribution >= 0.6 is 0 Å². The van der Waals surface area contributed by atoms with Crippen molar-refractivity contribution in [2.45, 2.75) is 44.2 Å². The van der Waals surface area contributed by atoms with Gasteiger partial charge in [0, 0.05) is 11.8 Å². The van der Waals surface area contributed by atoms with Gasteiger partial charge in [0.1, 0.15) is 11.7 Å². The molecule has 0 radical (unpaired) electrons. The summed E-state index contributed by atoms with van der Waals surface area (Å²) in [5.74, 6) is 0. The van der Waals surface area contributed by atoms with Crippen molar-refractivity contribution in [1.29, 1.82) is 0 Å². The highest BCUT2D eigenvalue weighted by molar-refractivity contribution is 7.86. The molecule has 3 aromatic rings. The fraction of sp³-hybridized carbons (Fsp3) is 0.333. The highest BCUT2D eigenvalue weighted by Gasteiger charge is 2.59. The molecule has 2 heterocycles. The van der Waals surface area contributed by atoms with Crippen molar-refractivity contribution in [3.05, 3.63) is 117 Å². The van der Waals surface area contributed by atoms with Gasteiger partial charge in [-0.3, -0.25) is 18.5 Å². The van der Waals surface area contributed by atoms with E-state index in [1.54, 1.807) is 0 Å². The van der Waals surface area contributed by atoms with Crippen LogP contribution in [0, 0.1) is 6.92 Å². The summed E-state index contributed by atoms with van der Waals surface area (Å²) in [7, 11) is -4.07. The Balaban J connectivity index is 1.75. The van der Waals surface area contributed by atoms with Gasteiger partial charge in [-0.1, -0.05) is 66.7 Å². The molecule has 1 aromatic heterocycles. The number of benzene rings is 2. The Morgan fingerprint density at radius 1 is 1.05 bits per heavy atom. The van der Waals surface area contributed by atoms with Gasteiger partial charge in [-0.25, -0.2) is 4.79 Å². The molecular weight excluding hydrogens is 512 g/mol. The lowest BCUT2D eigenvalue weighted by atomic mass is 9.91. The predicted octanol–water partition coefficient (Wildman–Crippen LogP) is 2.45. The van der Waals surface area contributed by atoms with E-state index >= 15 is 0 Å². The fourth-order valence-corrected chi connectivity index (χ4v) is 4.96. The van der Waals surface area contributed by atoms with Crippen molar-refractivity contribution in [1.82, 2.24) is 9.55 Å². The molecular formula is C27H30N2O8S. The largest absolute Gasteiger partial charge is 0.374 e. The van der Waals surface area contributed by atoms with E-state index in [1.165, 1.54) is 19.2 Å². The Hall–Kier alpha value is -3.35. The maximum atomic E-state index is 12.8. The minimum absolute atomic E-state index is 0.0348. The fourth-order valence-electron chi connectivity index (χ4n) is 4.34. The predicted molar refractivity (Wildman–Crippen MR) is 140 cm³/mol. The van der Waals surface area contributed by atoms with Crippen LogP contribution in [0.4, 0.5) is 0 Å². The molecule has 0 aliphatic carbocycles. The van der Waals surface area contributed by atoms with E-state index in [-0.39, 0.29) is 25.4 Å². The van der Waals surface area contributed by atoms with Crippen LogP contribution in [0.3, 0.4) is 0 Å². The summed E-state index contributed by atoms with van der Waals surface area (Å²) in [4.78, 5) is 27.0. The normalized spacial score (nSPS) is 23.4. The molecule has 1 saturated heterocycles. The van der Waals surface area contributed by atoms with Gasteiger partial charge in [-0.05, 0) is 18.1 Å². The minimum atomic E-state index is -4.07. The average molecular weight is 543 g/mol. The quantitative estimate of drug-likeness (QED) is 0.289. The molecule has 202 valence electrons. The number of hydrogen-bond donors (Lipinski definition) is 1. The second kappa shape index (κ2) is 11.6. The Bertz CT molecular complexity index is 1470. The van der Waals surface area contributed by atoms with Gasteiger partial charge < -0.3 is 14.2 Å². The number of H-pyrrole nitrogens is 1. The number of nitrogens with one attached hydrogen (secondary N) is 1. The zero-order valence-electron chi connectivity index (χ0n) is 21.1. The molecule has 0 bridgehead atoms. The number of nitrogens with zero attached hydrogens (tertiary/aromatic N) is 1. The van der Waals surface area contributed by atoms with Gasteiger partial charge in [0.15, 0.2) is 12.3 Å². The molecule has 11 heteroatoms. The van der Waals surface area contributed by atoms with Crippen LogP contribution in [0.2, 0.25) is 0 Å². The van der Waals surface area contributed by atoms with Crippen LogP contribution in [0.5, 0.6) is 0 Å². The first-order chi connectivity index (χ1) is 18.1. The highest BCUT2D eigenvalue weighted by Crippen LogP contribution is 2.43. The number of aromatic nitrogens is 2. The Morgan fingerprint density at radius 3 is 2.24 bits per heavy atom. The SMILES string of the molecule is C=C[C@@]1(OCc2ccccc2)[C@@H](COCc2ccccc2)O[C@@H](n2cc(C)c(=O)[nH]c2=O)[C@@H]1OS(C)(=O)=O. The van der Waals surface area contributed by atoms with E-state index < -0.39 is 45.4 Å². The molecule has 1 aliphatic heterocycles. The molecule has 1 N–H and O–H groups in total. The Morgan fingerprint density at radius 2 is 1.66 bits per heavy atom. The molecule has 4 atom stereocenters. The number of aryl methyl sites for hydroxylation is 1. The van der Waals surface area contributed by atoms with Crippen molar-refractivity contribution in [2.75, 3.05) is 12.9 Å². The van der Waals surface area contributed by atoms with Crippen molar-refractivity contribution < 1.29 is 26.8 Å². The zero-order valence-corrected chi connectivity index (χ0v) is 21.9. The van der Waals surface area contributed by atoms with E-state index in [0.29, 0.717) is 0 Å². The lowest BCUT2D eigenvalue weighted by Gasteiger charge is -2.35. The van der Waals surface area contributed by atoms with E-state index in [1.807, 2.05) is 60.7 Å². The Labute approximate surface area is 220 Å². The second-order valence-corrected chi connectivity index (χ2v) is 10.6. The van der Waals surface area contributed by atoms with Gasteiger partial charge >= 0.3 is 5.69 Å². The summed E-state index contributed by atoms with van der Waals surface area (Å²) >= 11 is 0. The molecule has 2 aromatic carbocycles. The summed E-state index contributed by atoms with van der Waals surface area (Å²) in [6.45, 7) is 5.74. The monoisotopic (exact) mass is 542 g/mol. The number of aromatic amines is 1. The number of hydrogen-bond acceptors (Lipinski definition) is 8. The van der Waals surface area contributed by atoms with Crippen LogP contribution in [-0.4, -0.2) is 48.6 Å². The van der Waals surface area contributed by atoms with Crippen LogP contribution in [-0.2, 0) is 41.7 Å². The third-order valence-electron chi connectivity index (χ3n) is 6.24. The molecule has 10 nitrogen and oxygen atoms in total. The van der Waals surface area contributed by atoms with Gasteiger partial charge in [-0.15, -0.1) is 6.58 Å². The van der Waals surface area contributed by atoms with Crippen molar-refractivity contribution in [2.24, 2.45) is 0 Å². The van der Waals surface area contributed by atoms with E-state index in [4.69, 9.17) is 18.4 Å². The van der Waals surface area contributed by atoms with Crippen LogP contribution < -0.4 is 11.2 Å². The highest BCUT2D eigenvalue weighted by atomic mass is 32.2. The zero-order chi connectivity index (χ0) is 27.3. The smallest absolute Gasteiger partial charge is 0.330 e. The summed E-state index contributed by atoms with van der Waals surface area (Å²) in [5.41, 5.74) is -0.944. The number of ether oxygens (including phenoxy) is 3. The van der Waals surface area contributed by atoms with Crippen molar-refractivity contribution in [3.63, 3.8) is 0 Å². The lowest BCUT2D eigenvalue weighted by Crippen LogP contribution is -2.52. The molecule has 0 saturated carbocycles. The first kappa shape index (κ1) is 27.7. The summed E-state index contributed by atoms with van der Waals surface area (Å²) in [6.07, 6.45) is 0.0337. The van der Waals surface area contributed by atoms with Gasteiger partial charge in [0.25, 0.3) is 15.7 Å². The van der Waals surface area contributed by atoms with E-state index in [2.05, 4.69) is 11.6 Å². The molecule has 4 rings (SSSR count). The van der Waals surface area contributed by atoms with Crippen LogP contribution in [0.1, 0.15) is 22.9 Å². The summed E-state index contributed by atoms with van der Waals surface area (Å²) in [5, 5.41) is 0. The van der Waals surface area contributed by atoms with E-state index in [9.17, 15) is 18.0 Å². The topological polar surface area (TPSA) is 126 Å². The minimum Gasteiger partial charge on any atom is -0.374 e. The third-order valence-corrected chi connectivity index (χ3v) is 6.80. The third kappa shape index (κ3) is 6.20. The van der Waals surface area contributed by atoms with Crippen molar-refractivity contribution in [3.8, 4) is 0 Å². The molecule has 1 aliphatic rings. The van der Waals surface area contributed by atoms with Crippen molar-refractivity contribution >= 4 is 10.1 Å². The molecule has 0 amide bonds. The number of rotatable bonds is 11. The van der Waals surface area contributed by atoms with Gasteiger partial charge in [0.2, 0.25) is 0 Å². The van der Waals surface area contributed by atoms with Gasteiger partial charge in [0.05, 0.1) is 26.1 Å². The van der Waals surface area contributed by atoms with Crippen LogP contribution in [0.15, 0.2) is 89.1 Å². The summed E-state index contributed by atoms with van der Waals surface area (Å²) in [6, 6.07) is 18.7. The molecule has 1 fully saturated rings. The maximum Gasteiger partial charge on any atom is 0.330 e.